The molecule has 4 N–H and O–H groups in total. The Labute approximate surface area is 289 Å². The summed E-state index contributed by atoms with van der Waals surface area (Å²) in [5.74, 6) is 6.05. The van der Waals surface area contributed by atoms with Crippen LogP contribution in [0.4, 0.5) is 11.4 Å². The third kappa shape index (κ3) is 8.95. The van der Waals surface area contributed by atoms with Crippen molar-refractivity contribution in [3.8, 4) is 23.0 Å². The average Bonchev–Trinajstić information content (AvgIpc) is 3.13. The van der Waals surface area contributed by atoms with E-state index in [9.17, 15) is 0 Å². The van der Waals surface area contributed by atoms with Crippen LogP contribution in [0.15, 0.2) is 97.1 Å². The highest BCUT2D eigenvalue weighted by Gasteiger charge is 2.38. The minimum absolute atomic E-state index is 0.0220. The Morgan fingerprint density at radius 3 is 1.27 bits per heavy atom. The molecule has 0 bridgehead atoms. The summed E-state index contributed by atoms with van der Waals surface area (Å²) in [7, 11) is 0. The molecular weight excluding hydrogens is 588 g/mol. The molecule has 254 valence electrons. The van der Waals surface area contributed by atoms with Gasteiger partial charge < -0.3 is 20.9 Å². The molecule has 0 aliphatic heterocycles. The van der Waals surface area contributed by atoms with Crippen LogP contribution >= 0.6 is 0 Å². The number of nitrogens with two attached hydrogens (primary N) is 2. The molecule has 48 heavy (non-hydrogen) atoms. The first-order chi connectivity index (χ1) is 23.5. The Morgan fingerprint density at radius 2 is 0.854 bits per heavy atom. The van der Waals surface area contributed by atoms with Crippen LogP contribution in [-0.2, 0) is 5.41 Å². The van der Waals surface area contributed by atoms with Gasteiger partial charge in [0.05, 0.1) is 0 Å². The van der Waals surface area contributed by atoms with Gasteiger partial charge in [0.1, 0.15) is 23.0 Å². The topological polar surface area (TPSA) is 70.5 Å². The summed E-state index contributed by atoms with van der Waals surface area (Å²) in [5.41, 5.74) is 15.9. The van der Waals surface area contributed by atoms with Gasteiger partial charge in [0.15, 0.2) is 0 Å². The van der Waals surface area contributed by atoms with Crippen molar-refractivity contribution in [1.82, 2.24) is 0 Å². The Kier molecular flexibility index (Phi) is 11.6. The van der Waals surface area contributed by atoms with E-state index in [2.05, 4.69) is 55.5 Å². The molecule has 0 atom stereocenters. The fourth-order valence-corrected chi connectivity index (χ4v) is 8.37. The van der Waals surface area contributed by atoms with Crippen molar-refractivity contribution in [3.63, 3.8) is 0 Å². The van der Waals surface area contributed by atoms with Crippen LogP contribution in [0.25, 0.3) is 0 Å². The maximum atomic E-state index is 6.16. The quantitative estimate of drug-likeness (QED) is 0.106. The molecule has 0 amide bonds. The summed E-state index contributed by atoms with van der Waals surface area (Å²) in [4.78, 5) is 0. The summed E-state index contributed by atoms with van der Waals surface area (Å²) < 4.78 is 12.3. The monoisotopic (exact) mass is 644 g/mol. The van der Waals surface area contributed by atoms with Gasteiger partial charge in [0.25, 0.3) is 0 Å². The molecule has 0 aromatic heterocycles. The normalized spacial score (nSPS) is 19.5. The van der Waals surface area contributed by atoms with E-state index in [-0.39, 0.29) is 5.41 Å². The third-order valence-corrected chi connectivity index (χ3v) is 11.4. The zero-order chi connectivity index (χ0) is 33.2. The lowest BCUT2D eigenvalue weighted by atomic mass is 9.62. The molecule has 4 heteroatoms. The van der Waals surface area contributed by atoms with E-state index in [1.165, 1.54) is 107 Å². The van der Waals surface area contributed by atoms with E-state index in [1.54, 1.807) is 0 Å². The first-order valence-electron chi connectivity index (χ1n) is 18.8. The van der Waals surface area contributed by atoms with Crippen LogP contribution < -0.4 is 20.9 Å². The molecule has 0 radical (unpaired) electrons. The van der Waals surface area contributed by atoms with Crippen molar-refractivity contribution in [3.05, 3.63) is 108 Å². The van der Waals surface area contributed by atoms with Gasteiger partial charge in [0.2, 0.25) is 0 Å². The largest absolute Gasteiger partial charge is 0.457 e. The molecule has 4 nitrogen and oxygen atoms in total. The van der Waals surface area contributed by atoms with E-state index in [4.69, 9.17) is 20.9 Å². The number of anilines is 2. The van der Waals surface area contributed by atoms with Crippen LogP contribution in [0.2, 0.25) is 0 Å². The van der Waals surface area contributed by atoms with Crippen LogP contribution in [-0.4, -0.2) is 0 Å². The van der Waals surface area contributed by atoms with Crippen LogP contribution in [0, 0.1) is 17.8 Å². The van der Waals surface area contributed by atoms with E-state index >= 15 is 0 Å². The lowest BCUT2D eigenvalue weighted by Gasteiger charge is -2.42. The van der Waals surface area contributed by atoms with Gasteiger partial charge in [-0.05, 0) is 127 Å². The Hall–Kier alpha value is -3.92. The zero-order valence-electron chi connectivity index (χ0n) is 29.0. The smallest absolute Gasteiger partial charge is 0.127 e. The maximum absolute atomic E-state index is 6.16. The predicted molar refractivity (Wildman–Crippen MR) is 201 cm³/mol. The van der Waals surface area contributed by atoms with Gasteiger partial charge in [-0.25, -0.2) is 0 Å². The number of rotatable bonds is 14. The Bertz CT molecular complexity index is 1420. The molecule has 0 heterocycles. The highest BCUT2D eigenvalue weighted by molar-refractivity contribution is 5.47. The number of hydrogen-bond donors (Lipinski definition) is 2. The summed E-state index contributed by atoms with van der Waals surface area (Å²) >= 11 is 0. The van der Waals surface area contributed by atoms with Gasteiger partial charge >= 0.3 is 0 Å². The fourth-order valence-electron chi connectivity index (χ4n) is 8.37. The molecule has 2 fully saturated rings. The van der Waals surface area contributed by atoms with Gasteiger partial charge in [-0.1, -0.05) is 102 Å². The molecule has 4 aromatic rings. The van der Waals surface area contributed by atoms with E-state index in [0.29, 0.717) is 0 Å². The number of nitrogen functional groups attached to an aromatic ring is 2. The van der Waals surface area contributed by atoms with E-state index in [1.807, 2.05) is 48.5 Å². The van der Waals surface area contributed by atoms with Crippen molar-refractivity contribution in [2.24, 2.45) is 17.8 Å². The second-order valence-electron chi connectivity index (χ2n) is 14.7. The minimum Gasteiger partial charge on any atom is -0.457 e. The molecule has 6 rings (SSSR count). The van der Waals surface area contributed by atoms with Crippen molar-refractivity contribution < 1.29 is 9.47 Å². The first-order valence-corrected chi connectivity index (χ1v) is 18.8. The predicted octanol–water partition coefficient (Wildman–Crippen LogP) is 12.5. The van der Waals surface area contributed by atoms with E-state index < -0.39 is 0 Å². The third-order valence-electron chi connectivity index (χ3n) is 11.4. The molecule has 2 saturated carbocycles. The lowest BCUT2D eigenvalue weighted by Crippen LogP contribution is -2.33. The number of ether oxygens (including phenoxy) is 2. The average molecular weight is 645 g/mol. The second-order valence-corrected chi connectivity index (χ2v) is 14.7. The lowest BCUT2D eigenvalue weighted by molar-refractivity contribution is 0.208. The number of unbranched alkanes of at least 4 members (excludes halogenated alkanes) is 3. The van der Waals surface area contributed by atoms with Crippen molar-refractivity contribution in [2.45, 2.75) is 109 Å². The molecule has 0 unspecified atom stereocenters. The van der Waals surface area contributed by atoms with Gasteiger partial charge in [-0.2, -0.15) is 0 Å². The molecule has 2 aliphatic carbocycles. The van der Waals surface area contributed by atoms with Gasteiger partial charge in [0, 0.05) is 16.8 Å². The minimum atomic E-state index is -0.0220. The van der Waals surface area contributed by atoms with Gasteiger partial charge in [-0.3, -0.25) is 0 Å². The highest BCUT2D eigenvalue weighted by atomic mass is 16.5. The van der Waals surface area contributed by atoms with Gasteiger partial charge in [-0.15, -0.1) is 0 Å². The first kappa shape index (κ1) is 34.0. The number of hydrogen-bond acceptors (Lipinski definition) is 4. The Morgan fingerprint density at radius 1 is 0.479 bits per heavy atom. The second kappa shape index (κ2) is 16.5. The fraction of sp³-hybridized carbons (Fsp3) is 0.455. The molecule has 0 saturated heterocycles. The number of benzene rings is 4. The van der Waals surface area contributed by atoms with Crippen LogP contribution in [0.3, 0.4) is 0 Å². The maximum Gasteiger partial charge on any atom is 0.127 e. The molecule has 2 aliphatic rings. The summed E-state index contributed by atoms with van der Waals surface area (Å²) in [6.07, 6.45) is 20.7. The van der Waals surface area contributed by atoms with Crippen molar-refractivity contribution in [1.29, 1.82) is 0 Å². The summed E-state index contributed by atoms with van der Waals surface area (Å²) in [6, 6.07) is 32.8. The van der Waals surface area contributed by atoms with Crippen molar-refractivity contribution in [2.75, 3.05) is 11.5 Å². The summed E-state index contributed by atoms with van der Waals surface area (Å²) in [5, 5.41) is 0. The Balaban J connectivity index is 1.10. The molecular formula is C44H56N2O2. The molecule has 4 aromatic carbocycles. The van der Waals surface area contributed by atoms with Crippen molar-refractivity contribution >= 4 is 11.4 Å². The SMILES string of the molecule is CCCCCC[C@H]1CC[C@H](CCC2CCC(c3ccc(Oc4ccc(N)cc4)cc3)(c3ccc(Oc4ccc(N)cc4)cc3)CC2)CC1. The van der Waals surface area contributed by atoms with Crippen LogP contribution in [0.1, 0.15) is 114 Å². The standard InChI is InChI=1S/C44H56N2O2/c1-2-3-4-5-6-33-7-9-34(10-8-33)11-12-35-29-31-44(32-30-35,36-13-21-40(22-14-36)47-42-25-17-38(45)18-26-42)37-15-23-41(24-16-37)48-43-27-19-39(46)20-28-43/h13-28,33-35H,2-12,29-32,45-46H2,1H3/t33-,34-. The highest BCUT2D eigenvalue weighted by Crippen LogP contribution is 2.49. The van der Waals surface area contributed by atoms with Crippen LogP contribution in [0.5, 0.6) is 23.0 Å². The zero-order valence-corrected chi connectivity index (χ0v) is 29.0. The summed E-state index contributed by atoms with van der Waals surface area (Å²) in [6.45, 7) is 2.31. The molecule has 0 spiro atoms. The van der Waals surface area contributed by atoms with E-state index in [0.717, 1.165) is 52.1 Å².